The van der Waals surface area contributed by atoms with Gasteiger partial charge in [0.05, 0.1) is 12.6 Å². The summed E-state index contributed by atoms with van der Waals surface area (Å²) in [6.07, 6.45) is 0. The minimum absolute atomic E-state index is 0.00925. The lowest BCUT2D eigenvalue weighted by atomic mass is 10.0. The van der Waals surface area contributed by atoms with Gasteiger partial charge in [-0.1, -0.05) is 61.0 Å². The van der Waals surface area contributed by atoms with E-state index in [-0.39, 0.29) is 6.04 Å². The number of tetrazole rings is 1. The van der Waals surface area contributed by atoms with Crippen LogP contribution in [0.4, 0.5) is 0 Å². The Balaban J connectivity index is 1.66. The van der Waals surface area contributed by atoms with Gasteiger partial charge in [-0.25, -0.2) is 4.68 Å². The molecule has 146 valence electrons. The van der Waals surface area contributed by atoms with Crippen molar-refractivity contribution < 1.29 is 0 Å². The third kappa shape index (κ3) is 4.24. The van der Waals surface area contributed by atoms with Crippen LogP contribution >= 0.6 is 11.6 Å². The van der Waals surface area contributed by atoms with Crippen LogP contribution in [0.1, 0.15) is 29.9 Å². The fourth-order valence-electron chi connectivity index (χ4n) is 3.78. The van der Waals surface area contributed by atoms with Gasteiger partial charge in [0.2, 0.25) is 0 Å². The lowest BCUT2D eigenvalue weighted by molar-refractivity contribution is 0.108. The smallest absolute Gasteiger partial charge is 0.173 e. The highest BCUT2D eigenvalue weighted by Crippen LogP contribution is 2.29. The van der Waals surface area contributed by atoms with Crippen LogP contribution in [-0.2, 0) is 6.54 Å². The van der Waals surface area contributed by atoms with Crippen molar-refractivity contribution in [3.63, 3.8) is 0 Å². The van der Waals surface area contributed by atoms with Gasteiger partial charge in [0.1, 0.15) is 0 Å². The molecule has 0 spiro atoms. The molecule has 0 N–H and O–H groups in total. The van der Waals surface area contributed by atoms with Gasteiger partial charge in [-0.15, -0.1) is 5.10 Å². The molecule has 2 aromatic carbocycles. The first-order valence-corrected chi connectivity index (χ1v) is 10.1. The Labute approximate surface area is 170 Å². The van der Waals surface area contributed by atoms with Crippen molar-refractivity contribution in [2.24, 2.45) is 0 Å². The van der Waals surface area contributed by atoms with Crippen molar-refractivity contribution in [1.82, 2.24) is 30.0 Å². The number of hydrogen-bond donors (Lipinski definition) is 0. The highest BCUT2D eigenvalue weighted by atomic mass is 35.5. The summed E-state index contributed by atoms with van der Waals surface area (Å²) >= 11 is 6.14. The Morgan fingerprint density at radius 1 is 0.964 bits per heavy atom. The maximum atomic E-state index is 6.14. The molecule has 7 heteroatoms. The summed E-state index contributed by atoms with van der Waals surface area (Å²) in [6, 6.07) is 18.4. The second kappa shape index (κ2) is 8.82. The summed E-state index contributed by atoms with van der Waals surface area (Å²) in [5.41, 5.74) is 2.35. The van der Waals surface area contributed by atoms with Crippen LogP contribution in [0, 0.1) is 0 Å². The fourth-order valence-corrected chi connectivity index (χ4v) is 3.91. The zero-order valence-corrected chi connectivity index (χ0v) is 16.8. The quantitative estimate of drug-likeness (QED) is 0.640. The summed E-state index contributed by atoms with van der Waals surface area (Å²) in [5.74, 6) is 0.871. The van der Waals surface area contributed by atoms with E-state index in [9.17, 15) is 0 Å². The Hall–Kier alpha value is -2.28. The van der Waals surface area contributed by atoms with Crippen LogP contribution in [0.15, 0.2) is 54.6 Å². The molecule has 1 unspecified atom stereocenters. The van der Waals surface area contributed by atoms with Gasteiger partial charge in [-0.2, -0.15) is 0 Å². The largest absolute Gasteiger partial charge is 0.301 e. The van der Waals surface area contributed by atoms with E-state index >= 15 is 0 Å². The Morgan fingerprint density at radius 2 is 1.68 bits per heavy atom. The number of likely N-dealkylation sites (N-methyl/N-ethyl adjacent to an activating group) is 1. The summed E-state index contributed by atoms with van der Waals surface area (Å²) in [5, 5.41) is 13.5. The van der Waals surface area contributed by atoms with Crippen molar-refractivity contribution in [3.8, 4) is 0 Å². The average Bonchev–Trinajstić information content (AvgIpc) is 3.18. The predicted octanol–water partition coefficient (Wildman–Crippen LogP) is 3.10. The minimum atomic E-state index is 0.00925. The molecular formula is C21H25ClN6. The molecule has 1 aliphatic rings. The topological polar surface area (TPSA) is 50.1 Å². The van der Waals surface area contributed by atoms with E-state index in [0.29, 0.717) is 6.54 Å². The molecular weight excluding hydrogens is 372 g/mol. The lowest BCUT2D eigenvalue weighted by Gasteiger charge is -2.38. The second-order valence-electron chi connectivity index (χ2n) is 7.10. The van der Waals surface area contributed by atoms with Crippen molar-refractivity contribution in [3.05, 3.63) is 76.6 Å². The van der Waals surface area contributed by atoms with Gasteiger partial charge < -0.3 is 4.90 Å². The van der Waals surface area contributed by atoms with Crippen LogP contribution in [-0.4, -0.2) is 62.7 Å². The van der Waals surface area contributed by atoms with Gasteiger partial charge in [-0.3, -0.25) is 4.90 Å². The molecule has 1 aliphatic heterocycles. The van der Waals surface area contributed by atoms with E-state index in [4.69, 9.17) is 11.6 Å². The molecule has 1 aromatic heterocycles. The van der Waals surface area contributed by atoms with Crippen molar-refractivity contribution >= 4 is 11.6 Å². The Kier molecular flexibility index (Phi) is 6.00. The van der Waals surface area contributed by atoms with Crippen LogP contribution in [0.25, 0.3) is 0 Å². The Bertz CT molecular complexity index is 871. The van der Waals surface area contributed by atoms with E-state index in [2.05, 4.69) is 56.5 Å². The normalized spacial score (nSPS) is 16.9. The highest BCUT2D eigenvalue weighted by molar-refractivity contribution is 6.30. The number of hydrogen-bond acceptors (Lipinski definition) is 5. The summed E-state index contributed by atoms with van der Waals surface area (Å²) in [6.45, 7) is 8.04. The predicted molar refractivity (Wildman–Crippen MR) is 110 cm³/mol. The third-order valence-corrected chi connectivity index (χ3v) is 5.64. The number of nitrogens with zero attached hydrogens (tertiary/aromatic N) is 6. The summed E-state index contributed by atoms with van der Waals surface area (Å²) in [4.78, 5) is 4.95. The van der Waals surface area contributed by atoms with Gasteiger partial charge >= 0.3 is 0 Å². The average molecular weight is 397 g/mol. The van der Waals surface area contributed by atoms with Crippen molar-refractivity contribution in [2.75, 3.05) is 32.7 Å². The van der Waals surface area contributed by atoms with Crippen molar-refractivity contribution in [2.45, 2.75) is 19.5 Å². The molecule has 3 aromatic rings. The molecule has 0 radical (unpaired) electrons. The van der Waals surface area contributed by atoms with E-state index in [1.807, 2.05) is 35.0 Å². The monoisotopic (exact) mass is 396 g/mol. The van der Waals surface area contributed by atoms with Crippen LogP contribution in [0.5, 0.6) is 0 Å². The SMILES string of the molecule is CCN1CCN(C(c2ccc(Cl)cc2)c2nnnn2Cc2ccccc2)CC1. The van der Waals surface area contributed by atoms with Crippen LogP contribution in [0.3, 0.4) is 0 Å². The molecule has 1 saturated heterocycles. The molecule has 28 heavy (non-hydrogen) atoms. The molecule has 2 heterocycles. The molecule has 0 amide bonds. The maximum absolute atomic E-state index is 6.14. The first-order chi connectivity index (χ1) is 13.7. The number of halogens is 1. The number of aromatic nitrogens is 4. The number of piperazine rings is 1. The Morgan fingerprint density at radius 3 is 2.36 bits per heavy atom. The molecule has 1 atom stereocenters. The molecule has 4 rings (SSSR count). The first-order valence-electron chi connectivity index (χ1n) is 9.76. The van der Waals surface area contributed by atoms with E-state index in [1.165, 1.54) is 11.1 Å². The zero-order chi connectivity index (χ0) is 19.3. The zero-order valence-electron chi connectivity index (χ0n) is 16.1. The van der Waals surface area contributed by atoms with E-state index in [0.717, 1.165) is 43.6 Å². The molecule has 0 saturated carbocycles. The van der Waals surface area contributed by atoms with E-state index in [1.54, 1.807) is 0 Å². The molecule has 0 bridgehead atoms. The number of rotatable bonds is 6. The molecule has 0 aliphatic carbocycles. The van der Waals surface area contributed by atoms with E-state index < -0.39 is 0 Å². The highest BCUT2D eigenvalue weighted by Gasteiger charge is 2.30. The van der Waals surface area contributed by atoms with Crippen LogP contribution < -0.4 is 0 Å². The second-order valence-corrected chi connectivity index (χ2v) is 7.54. The standard InChI is InChI=1S/C21H25ClN6/c1-2-26-12-14-27(15-13-26)20(18-8-10-19(22)11-9-18)21-23-24-25-28(21)16-17-6-4-3-5-7-17/h3-11,20H,2,12-16H2,1H3. The number of benzene rings is 2. The van der Waals surface area contributed by atoms with Crippen LogP contribution in [0.2, 0.25) is 5.02 Å². The van der Waals surface area contributed by atoms with Gasteiger partial charge in [0.25, 0.3) is 0 Å². The van der Waals surface area contributed by atoms with Gasteiger partial charge in [0.15, 0.2) is 5.82 Å². The summed E-state index contributed by atoms with van der Waals surface area (Å²) < 4.78 is 1.92. The maximum Gasteiger partial charge on any atom is 0.173 e. The van der Waals surface area contributed by atoms with Crippen molar-refractivity contribution in [1.29, 1.82) is 0 Å². The fraction of sp³-hybridized carbons (Fsp3) is 0.381. The minimum Gasteiger partial charge on any atom is -0.301 e. The molecule has 6 nitrogen and oxygen atoms in total. The van der Waals surface area contributed by atoms with Gasteiger partial charge in [-0.05, 0) is 40.2 Å². The third-order valence-electron chi connectivity index (χ3n) is 5.38. The first kappa shape index (κ1) is 19.1. The lowest BCUT2D eigenvalue weighted by Crippen LogP contribution is -2.48. The summed E-state index contributed by atoms with van der Waals surface area (Å²) in [7, 11) is 0. The van der Waals surface area contributed by atoms with Gasteiger partial charge in [0, 0.05) is 31.2 Å². The molecule has 1 fully saturated rings.